The fourth-order valence-corrected chi connectivity index (χ4v) is 1.33. The minimum atomic E-state index is 0.424. The van der Waals surface area contributed by atoms with Crippen LogP contribution in [-0.4, -0.2) is 17.1 Å². The third kappa shape index (κ3) is 2.20. The minimum Gasteiger partial charge on any atom is -0.495 e. The van der Waals surface area contributed by atoms with Crippen molar-refractivity contribution < 1.29 is 4.74 Å². The third-order valence-electron chi connectivity index (χ3n) is 2.06. The molecule has 2 aromatic rings. The molecule has 5 nitrogen and oxygen atoms in total. The number of nitrogens with zero attached hydrogens (tertiary/aromatic N) is 2. The molecular formula is C11H12N4O. The van der Waals surface area contributed by atoms with Crippen LogP contribution in [0.2, 0.25) is 0 Å². The van der Waals surface area contributed by atoms with E-state index in [0.717, 1.165) is 11.4 Å². The molecule has 1 aromatic heterocycles. The Morgan fingerprint density at radius 3 is 2.81 bits per heavy atom. The molecule has 0 spiro atoms. The van der Waals surface area contributed by atoms with Crippen LogP contribution in [0.4, 0.5) is 17.3 Å². The first kappa shape index (κ1) is 10.2. The second-order valence-electron chi connectivity index (χ2n) is 3.15. The van der Waals surface area contributed by atoms with E-state index in [0.29, 0.717) is 11.6 Å². The number of hydrogen-bond donors (Lipinski definition) is 2. The Bertz CT molecular complexity index is 487. The topological polar surface area (TPSA) is 73.1 Å². The number of methoxy groups -OCH3 is 1. The second-order valence-corrected chi connectivity index (χ2v) is 3.15. The highest BCUT2D eigenvalue weighted by Gasteiger charge is 2.02. The van der Waals surface area contributed by atoms with Gasteiger partial charge in [0.1, 0.15) is 23.7 Å². The number of anilines is 3. The van der Waals surface area contributed by atoms with Crippen LogP contribution in [-0.2, 0) is 0 Å². The molecule has 0 amide bonds. The molecule has 0 unspecified atom stereocenters. The molecule has 0 aliphatic carbocycles. The number of nitrogens with two attached hydrogens (primary N) is 1. The summed E-state index contributed by atoms with van der Waals surface area (Å²) >= 11 is 0. The van der Waals surface area contributed by atoms with E-state index in [1.54, 1.807) is 13.2 Å². The van der Waals surface area contributed by atoms with Crippen molar-refractivity contribution in [1.82, 2.24) is 9.97 Å². The summed E-state index contributed by atoms with van der Waals surface area (Å²) in [6, 6.07) is 9.24. The first-order chi connectivity index (χ1) is 7.79. The zero-order valence-electron chi connectivity index (χ0n) is 8.84. The van der Waals surface area contributed by atoms with Crippen LogP contribution >= 0.6 is 0 Å². The molecule has 16 heavy (non-hydrogen) atoms. The molecule has 5 heteroatoms. The lowest BCUT2D eigenvalue weighted by Gasteiger charge is -2.09. The van der Waals surface area contributed by atoms with Gasteiger partial charge < -0.3 is 15.8 Å². The molecule has 0 atom stereocenters. The zero-order valence-corrected chi connectivity index (χ0v) is 8.84. The van der Waals surface area contributed by atoms with Crippen LogP contribution in [0.15, 0.2) is 36.7 Å². The Morgan fingerprint density at radius 2 is 2.06 bits per heavy atom. The van der Waals surface area contributed by atoms with Gasteiger partial charge >= 0.3 is 0 Å². The van der Waals surface area contributed by atoms with E-state index in [-0.39, 0.29) is 0 Å². The molecule has 82 valence electrons. The summed E-state index contributed by atoms with van der Waals surface area (Å²) < 4.78 is 5.21. The lowest BCUT2D eigenvalue weighted by Crippen LogP contribution is -1.98. The quantitative estimate of drug-likeness (QED) is 0.818. The van der Waals surface area contributed by atoms with Gasteiger partial charge in [0.15, 0.2) is 0 Å². The molecule has 0 fully saturated rings. The Morgan fingerprint density at radius 1 is 1.25 bits per heavy atom. The van der Waals surface area contributed by atoms with Crippen molar-refractivity contribution in [3.8, 4) is 5.75 Å². The van der Waals surface area contributed by atoms with Crippen LogP contribution in [0, 0.1) is 0 Å². The molecule has 2 rings (SSSR count). The van der Waals surface area contributed by atoms with Gasteiger partial charge in [0.2, 0.25) is 0 Å². The van der Waals surface area contributed by atoms with Crippen LogP contribution in [0.1, 0.15) is 0 Å². The van der Waals surface area contributed by atoms with Crippen molar-refractivity contribution in [3.63, 3.8) is 0 Å². The van der Waals surface area contributed by atoms with Gasteiger partial charge in [0, 0.05) is 6.07 Å². The number of aromatic nitrogens is 2. The molecule has 0 saturated carbocycles. The lowest BCUT2D eigenvalue weighted by atomic mass is 10.3. The Balaban J connectivity index is 2.26. The molecular weight excluding hydrogens is 204 g/mol. The normalized spacial score (nSPS) is 9.81. The molecule has 0 saturated heterocycles. The maximum atomic E-state index is 5.56. The maximum absolute atomic E-state index is 5.56. The molecule has 0 radical (unpaired) electrons. The van der Waals surface area contributed by atoms with E-state index in [9.17, 15) is 0 Å². The lowest BCUT2D eigenvalue weighted by molar-refractivity contribution is 0.417. The average Bonchev–Trinajstić information content (AvgIpc) is 2.30. The van der Waals surface area contributed by atoms with Crippen LogP contribution in [0.25, 0.3) is 0 Å². The Kier molecular flexibility index (Phi) is 2.86. The minimum absolute atomic E-state index is 0.424. The zero-order chi connectivity index (χ0) is 11.4. The smallest absolute Gasteiger partial charge is 0.142 e. The van der Waals surface area contributed by atoms with Crippen LogP contribution < -0.4 is 15.8 Å². The van der Waals surface area contributed by atoms with Crippen molar-refractivity contribution in [2.45, 2.75) is 0 Å². The number of hydrogen-bond acceptors (Lipinski definition) is 5. The van der Waals surface area contributed by atoms with Gasteiger partial charge in [0.05, 0.1) is 12.8 Å². The van der Waals surface area contributed by atoms with Gasteiger partial charge in [-0.3, -0.25) is 0 Å². The maximum Gasteiger partial charge on any atom is 0.142 e. The summed E-state index contributed by atoms with van der Waals surface area (Å²) in [5.74, 6) is 1.81. The SMILES string of the molecule is COc1ccccc1Nc1cc(N)ncn1. The Labute approximate surface area is 93.3 Å². The highest BCUT2D eigenvalue weighted by Crippen LogP contribution is 2.26. The third-order valence-corrected chi connectivity index (χ3v) is 2.06. The van der Waals surface area contributed by atoms with Crippen molar-refractivity contribution in [3.05, 3.63) is 36.7 Å². The van der Waals surface area contributed by atoms with Crippen LogP contribution in [0.3, 0.4) is 0 Å². The Hall–Kier alpha value is -2.30. The second kappa shape index (κ2) is 4.48. The number of para-hydroxylation sites is 2. The summed E-state index contributed by atoms with van der Waals surface area (Å²) in [6.07, 6.45) is 1.41. The molecule has 0 aliphatic rings. The molecule has 0 aliphatic heterocycles. The van der Waals surface area contributed by atoms with Crippen molar-refractivity contribution >= 4 is 17.3 Å². The van der Waals surface area contributed by atoms with E-state index in [1.807, 2.05) is 24.3 Å². The first-order valence-electron chi connectivity index (χ1n) is 4.77. The van der Waals surface area contributed by atoms with Gasteiger partial charge in [-0.25, -0.2) is 9.97 Å². The monoisotopic (exact) mass is 216 g/mol. The number of nitrogens with one attached hydrogen (secondary N) is 1. The van der Waals surface area contributed by atoms with Gasteiger partial charge in [-0.05, 0) is 12.1 Å². The predicted octanol–water partition coefficient (Wildman–Crippen LogP) is 1.81. The number of rotatable bonds is 3. The van der Waals surface area contributed by atoms with Crippen LogP contribution in [0.5, 0.6) is 5.75 Å². The fraction of sp³-hybridized carbons (Fsp3) is 0.0909. The highest BCUT2D eigenvalue weighted by molar-refractivity contribution is 5.64. The predicted molar refractivity (Wildman–Crippen MR) is 62.7 cm³/mol. The standard InChI is InChI=1S/C11H12N4O/c1-16-9-5-3-2-4-8(9)15-11-6-10(12)13-7-14-11/h2-7H,1H3,(H3,12,13,14,15). The summed E-state index contributed by atoms with van der Waals surface area (Å²) in [7, 11) is 1.62. The molecule has 0 bridgehead atoms. The van der Waals surface area contributed by atoms with Gasteiger partial charge in [-0.1, -0.05) is 12.1 Å². The number of nitrogen functional groups attached to an aromatic ring is 1. The van der Waals surface area contributed by atoms with E-state index in [1.165, 1.54) is 6.33 Å². The summed E-state index contributed by atoms with van der Waals surface area (Å²) in [4.78, 5) is 7.87. The van der Waals surface area contributed by atoms with E-state index < -0.39 is 0 Å². The van der Waals surface area contributed by atoms with Gasteiger partial charge in [-0.2, -0.15) is 0 Å². The number of ether oxygens (including phenoxy) is 1. The summed E-state index contributed by atoms with van der Waals surface area (Å²) in [5.41, 5.74) is 6.40. The summed E-state index contributed by atoms with van der Waals surface area (Å²) in [5, 5.41) is 3.11. The van der Waals surface area contributed by atoms with Gasteiger partial charge in [0.25, 0.3) is 0 Å². The highest BCUT2D eigenvalue weighted by atomic mass is 16.5. The largest absolute Gasteiger partial charge is 0.495 e. The van der Waals surface area contributed by atoms with Crippen molar-refractivity contribution in [2.75, 3.05) is 18.2 Å². The van der Waals surface area contributed by atoms with Crippen molar-refractivity contribution in [1.29, 1.82) is 0 Å². The van der Waals surface area contributed by atoms with E-state index in [2.05, 4.69) is 15.3 Å². The van der Waals surface area contributed by atoms with E-state index in [4.69, 9.17) is 10.5 Å². The van der Waals surface area contributed by atoms with Crippen molar-refractivity contribution in [2.24, 2.45) is 0 Å². The average molecular weight is 216 g/mol. The van der Waals surface area contributed by atoms with E-state index >= 15 is 0 Å². The van der Waals surface area contributed by atoms with Gasteiger partial charge in [-0.15, -0.1) is 0 Å². The molecule has 3 N–H and O–H groups in total. The number of benzene rings is 1. The summed E-state index contributed by atoms with van der Waals surface area (Å²) in [6.45, 7) is 0. The first-order valence-corrected chi connectivity index (χ1v) is 4.77. The fourth-order valence-electron chi connectivity index (χ4n) is 1.33. The molecule has 1 heterocycles. The molecule has 1 aromatic carbocycles.